The lowest BCUT2D eigenvalue weighted by Gasteiger charge is -2.08. The van der Waals surface area contributed by atoms with Gasteiger partial charge < -0.3 is 4.74 Å². The molecule has 0 spiro atoms. The summed E-state index contributed by atoms with van der Waals surface area (Å²) < 4.78 is 5.03. The minimum Gasteiger partial charge on any atom is -0.459 e. The Hall–Kier alpha value is -1.82. The maximum Gasteiger partial charge on any atom is 0.338 e. The van der Waals surface area contributed by atoms with Crippen LogP contribution < -0.4 is 0 Å². The van der Waals surface area contributed by atoms with E-state index in [9.17, 15) is 4.79 Å². The van der Waals surface area contributed by atoms with Crippen molar-refractivity contribution < 1.29 is 9.53 Å². The van der Waals surface area contributed by atoms with Crippen molar-refractivity contribution in [3.8, 4) is 6.07 Å². The molecule has 0 unspecified atom stereocenters. The van der Waals surface area contributed by atoms with E-state index in [0.717, 1.165) is 5.56 Å². The van der Waals surface area contributed by atoms with Crippen LogP contribution in [0.4, 0.5) is 0 Å². The van der Waals surface area contributed by atoms with Crippen LogP contribution in [0.15, 0.2) is 18.2 Å². The van der Waals surface area contributed by atoms with Gasteiger partial charge in [0.05, 0.1) is 23.3 Å². The third-order valence-corrected chi connectivity index (χ3v) is 1.94. The zero-order valence-corrected chi connectivity index (χ0v) is 9.07. The standard InChI is InChI=1S/C12H13NO2/c1-8(2)15-12(14)10-5-4-9(3)11(6-10)7-13/h4-6,8H,1-3H3. The highest BCUT2D eigenvalue weighted by molar-refractivity contribution is 5.90. The number of nitrogens with zero attached hydrogens (tertiary/aromatic N) is 1. The Morgan fingerprint density at radius 2 is 2.13 bits per heavy atom. The van der Waals surface area contributed by atoms with Crippen LogP contribution in [0, 0.1) is 18.3 Å². The van der Waals surface area contributed by atoms with Crippen molar-refractivity contribution in [2.24, 2.45) is 0 Å². The van der Waals surface area contributed by atoms with Gasteiger partial charge in [0.1, 0.15) is 0 Å². The topological polar surface area (TPSA) is 50.1 Å². The van der Waals surface area contributed by atoms with Crippen molar-refractivity contribution in [1.82, 2.24) is 0 Å². The van der Waals surface area contributed by atoms with E-state index >= 15 is 0 Å². The molecule has 0 amide bonds. The summed E-state index contributed by atoms with van der Waals surface area (Å²) in [5, 5.41) is 8.80. The number of carbonyl (C=O) groups excluding carboxylic acids is 1. The smallest absolute Gasteiger partial charge is 0.338 e. The van der Waals surface area contributed by atoms with E-state index in [1.54, 1.807) is 32.0 Å². The summed E-state index contributed by atoms with van der Waals surface area (Å²) in [6.45, 7) is 5.41. The first kappa shape index (κ1) is 11.3. The summed E-state index contributed by atoms with van der Waals surface area (Å²) in [7, 11) is 0. The third kappa shape index (κ3) is 2.81. The van der Waals surface area contributed by atoms with E-state index in [4.69, 9.17) is 10.00 Å². The van der Waals surface area contributed by atoms with Crippen LogP contribution in [-0.4, -0.2) is 12.1 Å². The second-order valence-electron chi connectivity index (χ2n) is 3.60. The Bertz CT molecular complexity index is 416. The maximum absolute atomic E-state index is 11.5. The lowest BCUT2D eigenvalue weighted by molar-refractivity contribution is 0.0378. The SMILES string of the molecule is Cc1ccc(C(=O)OC(C)C)cc1C#N. The Balaban J connectivity index is 2.97. The number of benzene rings is 1. The van der Waals surface area contributed by atoms with Crippen LogP contribution in [0.1, 0.15) is 35.3 Å². The molecule has 0 aliphatic rings. The number of hydrogen-bond acceptors (Lipinski definition) is 3. The van der Waals surface area contributed by atoms with Crippen LogP contribution in [0.3, 0.4) is 0 Å². The van der Waals surface area contributed by atoms with E-state index in [1.165, 1.54) is 0 Å². The number of carbonyl (C=O) groups is 1. The van der Waals surface area contributed by atoms with Crippen LogP contribution in [0.25, 0.3) is 0 Å². The predicted octanol–water partition coefficient (Wildman–Crippen LogP) is 2.43. The molecule has 78 valence electrons. The molecule has 0 aromatic heterocycles. The Labute approximate surface area is 89.3 Å². The first-order valence-electron chi connectivity index (χ1n) is 4.76. The van der Waals surface area contributed by atoms with Crippen molar-refractivity contribution in [2.45, 2.75) is 26.9 Å². The van der Waals surface area contributed by atoms with Gasteiger partial charge in [-0.25, -0.2) is 4.79 Å². The quantitative estimate of drug-likeness (QED) is 0.693. The second kappa shape index (κ2) is 4.61. The number of hydrogen-bond donors (Lipinski definition) is 0. The fourth-order valence-electron chi connectivity index (χ4n) is 1.15. The van der Waals surface area contributed by atoms with Crippen LogP contribution in [0.2, 0.25) is 0 Å². The molecule has 0 aliphatic heterocycles. The lowest BCUT2D eigenvalue weighted by Crippen LogP contribution is -2.11. The molecule has 1 aromatic rings. The van der Waals surface area contributed by atoms with Crippen LogP contribution in [-0.2, 0) is 4.74 Å². The lowest BCUT2D eigenvalue weighted by atomic mass is 10.1. The molecular formula is C12H13NO2. The molecule has 1 aromatic carbocycles. The van der Waals surface area contributed by atoms with Crippen molar-refractivity contribution >= 4 is 5.97 Å². The normalized spacial score (nSPS) is 9.80. The van der Waals surface area contributed by atoms with Crippen LogP contribution >= 0.6 is 0 Å². The largest absolute Gasteiger partial charge is 0.459 e. The Morgan fingerprint density at radius 3 is 2.67 bits per heavy atom. The molecule has 0 N–H and O–H groups in total. The van der Waals surface area contributed by atoms with Gasteiger partial charge in [-0.1, -0.05) is 6.07 Å². The minimum atomic E-state index is -0.387. The highest BCUT2D eigenvalue weighted by Crippen LogP contribution is 2.11. The van der Waals surface area contributed by atoms with E-state index in [0.29, 0.717) is 11.1 Å². The van der Waals surface area contributed by atoms with Gasteiger partial charge in [0.15, 0.2) is 0 Å². The molecule has 0 aliphatic carbocycles. The van der Waals surface area contributed by atoms with E-state index in [-0.39, 0.29) is 12.1 Å². The molecule has 0 atom stereocenters. The number of ether oxygens (including phenoxy) is 1. The van der Waals surface area contributed by atoms with E-state index < -0.39 is 0 Å². The van der Waals surface area contributed by atoms with Gasteiger partial charge in [-0.05, 0) is 38.5 Å². The molecular weight excluding hydrogens is 190 g/mol. The molecule has 0 saturated carbocycles. The highest BCUT2D eigenvalue weighted by Gasteiger charge is 2.10. The molecule has 0 fully saturated rings. The summed E-state index contributed by atoms with van der Waals surface area (Å²) in [4.78, 5) is 11.5. The van der Waals surface area contributed by atoms with Gasteiger partial charge >= 0.3 is 5.97 Å². The average molecular weight is 203 g/mol. The molecule has 0 saturated heterocycles. The predicted molar refractivity (Wildman–Crippen MR) is 56.4 cm³/mol. The molecule has 15 heavy (non-hydrogen) atoms. The fourth-order valence-corrected chi connectivity index (χ4v) is 1.15. The van der Waals surface area contributed by atoms with Gasteiger partial charge in [-0.3, -0.25) is 0 Å². The average Bonchev–Trinajstić information content (AvgIpc) is 2.17. The molecule has 0 bridgehead atoms. The summed E-state index contributed by atoms with van der Waals surface area (Å²) in [6, 6.07) is 7.00. The van der Waals surface area contributed by atoms with Gasteiger partial charge in [0.2, 0.25) is 0 Å². The van der Waals surface area contributed by atoms with Crippen molar-refractivity contribution in [1.29, 1.82) is 5.26 Å². The Kier molecular flexibility index (Phi) is 3.46. The van der Waals surface area contributed by atoms with Gasteiger partial charge in [0, 0.05) is 0 Å². The van der Waals surface area contributed by atoms with Gasteiger partial charge in [-0.15, -0.1) is 0 Å². The molecule has 3 heteroatoms. The van der Waals surface area contributed by atoms with Crippen molar-refractivity contribution in [3.63, 3.8) is 0 Å². The zero-order valence-electron chi connectivity index (χ0n) is 9.07. The summed E-state index contributed by atoms with van der Waals surface area (Å²) in [6.07, 6.45) is -0.149. The summed E-state index contributed by atoms with van der Waals surface area (Å²) in [5.41, 5.74) is 1.79. The molecule has 0 heterocycles. The zero-order chi connectivity index (χ0) is 11.4. The van der Waals surface area contributed by atoms with Gasteiger partial charge in [-0.2, -0.15) is 5.26 Å². The first-order valence-corrected chi connectivity index (χ1v) is 4.76. The fraction of sp³-hybridized carbons (Fsp3) is 0.333. The van der Waals surface area contributed by atoms with E-state index in [2.05, 4.69) is 0 Å². The van der Waals surface area contributed by atoms with Gasteiger partial charge in [0.25, 0.3) is 0 Å². The molecule has 0 radical (unpaired) electrons. The monoisotopic (exact) mass is 203 g/mol. The third-order valence-electron chi connectivity index (χ3n) is 1.94. The minimum absolute atomic E-state index is 0.149. The number of rotatable bonds is 2. The molecule has 1 rings (SSSR count). The second-order valence-corrected chi connectivity index (χ2v) is 3.60. The van der Waals surface area contributed by atoms with E-state index in [1.807, 2.05) is 13.0 Å². The van der Waals surface area contributed by atoms with Crippen LogP contribution in [0.5, 0.6) is 0 Å². The highest BCUT2D eigenvalue weighted by atomic mass is 16.5. The first-order chi connectivity index (χ1) is 7.04. The summed E-state index contributed by atoms with van der Waals surface area (Å²) >= 11 is 0. The number of nitriles is 1. The number of esters is 1. The maximum atomic E-state index is 11.5. The molecule has 3 nitrogen and oxygen atoms in total. The van der Waals surface area contributed by atoms with Crippen molar-refractivity contribution in [2.75, 3.05) is 0 Å². The number of aryl methyl sites for hydroxylation is 1. The summed E-state index contributed by atoms with van der Waals surface area (Å²) in [5.74, 6) is -0.387. The Morgan fingerprint density at radius 1 is 1.47 bits per heavy atom. The van der Waals surface area contributed by atoms with Crippen molar-refractivity contribution in [3.05, 3.63) is 34.9 Å².